The van der Waals surface area contributed by atoms with Crippen molar-refractivity contribution in [2.75, 3.05) is 5.75 Å². The molecule has 0 fully saturated rings. The van der Waals surface area contributed by atoms with Crippen LogP contribution >= 0.6 is 11.8 Å². The van der Waals surface area contributed by atoms with Crippen LogP contribution in [0, 0.1) is 0 Å². The lowest BCUT2D eigenvalue weighted by Gasteiger charge is -2.13. The van der Waals surface area contributed by atoms with Gasteiger partial charge in [0.25, 0.3) is 0 Å². The normalized spacial score (nSPS) is 12.8. The summed E-state index contributed by atoms with van der Waals surface area (Å²) in [6, 6.07) is 14.8. The van der Waals surface area contributed by atoms with E-state index in [-0.39, 0.29) is 22.6 Å². The maximum absolute atomic E-state index is 12.3. The first-order valence-electron chi connectivity index (χ1n) is 9.19. The maximum Gasteiger partial charge on any atom is 0.238 e. The van der Waals surface area contributed by atoms with Crippen LogP contribution in [0.25, 0.3) is 11.0 Å². The number of carbonyl (C=O) groups is 1. The number of thioether (sulfide) groups is 1. The zero-order valence-electron chi connectivity index (χ0n) is 16.3. The first-order valence-corrected chi connectivity index (χ1v) is 11.7. The van der Waals surface area contributed by atoms with Crippen LogP contribution in [-0.4, -0.2) is 35.7 Å². The highest BCUT2D eigenvalue weighted by Gasteiger charge is 2.15. The van der Waals surface area contributed by atoms with Crippen LogP contribution in [0.2, 0.25) is 0 Å². The van der Waals surface area contributed by atoms with E-state index in [1.54, 1.807) is 6.07 Å². The van der Waals surface area contributed by atoms with Crippen LogP contribution in [0.4, 0.5) is 0 Å². The molecule has 0 saturated heterocycles. The Kier molecular flexibility index (Phi) is 6.61. The van der Waals surface area contributed by atoms with Gasteiger partial charge < -0.3 is 9.88 Å². The van der Waals surface area contributed by atoms with Gasteiger partial charge in [-0.3, -0.25) is 4.79 Å². The maximum atomic E-state index is 12.3. The predicted molar refractivity (Wildman–Crippen MR) is 115 cm³/mol. The number of hydrogen-bond acceptors (Lipinski definition) is 5. The fourth-order valence-electron chi connectivity index (χ4n) is 3.01. The SMILES string of the molecule is C[C@H](CCc1ccccc1)NC(=O)CSc1nc2cc(S(N)(=O)=O)ccc2n1C. The number of aryl methyl sites for hydroxylation is 2. The number of imidazole rings is 1. The molecular formula is C20H24N4O3S2. The Hall–Kier alpha value is -2.36. The highest BCUT2D eigenvalue weighted by atomic mass is 32.2. The molecule has 0 radical (unpaired) electrons. The summed E-state index contributed by atoms with van der Waals surface area (Å²) in [6.07, 6.45) is 1.77. The molecule has 0 aliphatic rings. The molecule has 3 N–H and O–H groups in total. The van der Waals surface area contributed by atoms with Crippen LogP contribution in [0.5, 0.6) is 0 Å². The number of aromatic nitrogens is 2. The molecule has 1 heterocycles. The molecule has 2 aromatic carbocycles. The molecule has 0 spiro atoms. The second-order valence-corrected chi connectivity index (χ2v) is 9.43. The molecule has 7 nitrogen and oxygen atoms in total. The smallest absolute Gasteiger partial charge is 0.238 e. The molecule has 0 aliphatic carbocycles. The molecule has 1 aromatic heterocycles. The molecule has 29 heavy (non-hydrogen) atoms. The van der Waals surface area contributed by atoms with Gasteiger partial charge in [0.2, 0.25) is 15.9 Å². The minimum absolute atomic E-state index is 0.0182. The summed E-state index contributed by atoms with van der Waals surface area (Å²) in [5.74, 6) is 0.169. The second kappa shape index (κ2) is 8.98. The molecule has 3 rings (SSSR count). The van der Waals surface area contributed by atoms with E-state index in [0.29, 0.717) is 10.7 Å². The van der Waals surface area contributed by atoms with Gasteiger partial charge in [-0.05, 0) is 43.5 Å². The number of hydrogen-bond donors (Lipinski definition) is 2. The number of benzene rings is 2. The zero-order chi connectivity index (χ0) is 21.0. The number of carbonyl (C=O) groups excluding carboxylic acids is 1. The van der Waals surface area contributed by atoms with Crippen molar-refractivity contribution in [1.82, 2.24) is 14.9 Å². The van der Waals surface area contributed by atoms with E-state index in [1.165, 1.54) is 29.5 Å². The Bertz CT molecular complexity index is 1110. The van der Waals surface area contributed by atoms with Crippen LogP contribution in [0.1, 0.15) is 18.9 Å². The van der Waals surface area contributed by atoms with Gasteiger partial charge >= 0.3 is 0 Å². The molecule has 1 atom stereocenters. The van der Waals surface area contributed by atoms with E-state index in [0.717, 1.165) is 18.4 Å². The summed E-state index contributed by atoms with van der Waals surface area (Å²) >= 11 is 1.31. The molecule has 0 saturated carbocycles. The van der Waals surface area contributed by atoms with Crippen molar-refractivity contribution >= 4 is 38.7 Å². The van der Waals surface area contributed by atoms with Crippen molar-refractivity contribution in [3.63, 3.8) is 0 Å². The van der Waals surface area contributed by atoms with Crippen molar-refractivity contribution in [3.05, 3.63) is 54.1 Å². The van der Waals surface area contributed by atoms with Crippen molar-refractivity contribution < 1.29 is 13.2 Å². The molecule has 154 valence electrons. The number of nitrogens with one attached hydrogen (secondary N) is 1. The topological polar surface area (TPSA) is 107 Å². The third-order valence-corrected chi connectivity index (χ3v) is 6.53. The van der Waals surface area contributed by atoms with E-state index in [9.17, 15) is 13.2 Å². The monoisotopic (exact) mass is 432 g/mol. The first kappa shape index (κ1) is 21.4. The molecular weight excluding hydrogens is 408 g/mol. The Morgan fingerprint density at radius 3 is 2.66 bits per heavy atom. The van der Waals surface area contributed by atoms with E-state index in [2.05, 4.69) is 22.4 Å². The van der Waals surface area contributed by atoms with Crippen LogP contribution in [0.15, 0.2) is 58.6 Å². The summed E-state index contributed by atoms with van der Waals surface area (Å²) < 4.78 is 24.9. The molecule has 3 aromatic rings. The first-order chi connectivity index (χ1) is 13.7. The van der Waals surface area contributed by atoms with Crippen LogP contribution in [0.3, 0.4) is 0 Å². The highest BCUT2D eigenvalue weighted by Crippen LogP contribution is 2.24. The van der Waals surface area contributed by atoms with Gasteiger partial charge in [-0.15, -0.1) is 0 Å². The molecule has 0 aliphatic heterocycles. The lowest BCUT2D eigenvalue weighted by Crippen LogP contribution is -2.34. The quantitative estimate of drug-likeness (QED) is 0.532. The van der Waals surface area contributed by atoms with E-state index in [1.807, 2.05) is 36.7 Å². The Morgan fingerprint density at radius 2 is 1.97 bits per heavy atom. The summed E-state index contributed by atoms with van der Waals surface area (Å²) in [5, 5.41) is 8.83. The van der Waals surface area contributed by atoms with Crippen molar-refractivity contribution in [1.29, 1.82) is 0 Å². The van der Waals surface area contributed by atoms with Gasteiger partial charge in [0.1, 0.15) is 0 Å². The summed E-state index contributed by atoms with van der Waals surface area (Å²) in [5.41, 5.74) is 2.55. The Labute approximate surface area is 174 Å². The third kappa shape index (κ3) is 5.59. The average Bonchev–Trinajstić information content (AvgIpc) is 3.00. The average molecular weight is 433 g/mol. The summed E-state index contributed by atoms with van der Waals surface area (Å²) in [7, 11) is -1.95. The Morgan fingerprint density at radius 1 is 1.24 bits per heavy atom. The van der Waals surface area contributed by atoms with Gasteiger partial charge in [-0.2, -0.15) is 0 Å². The van der Waals surface area contributed by atoms with Gasteiger partial charge in [-0.25, -0.2) is 18.5 Å². The highest BCUT2D eigenvalue weighted by molar-refractivity contribution is 7.99. The van der Waals surface area contributed by atoms with Crippen molar-refractivity contribution in [3.8, 4) is 0 Å². The lowest BCUT2D eigenvalue weighted by atomic mass is 10.1. The zero-order valence-corrected chi connectivity index (χ0v) is 18.0. The van der Waals surface area contributed by atoms with E-state index >= 15 is 0 Å². The van der Waals surface area contributed by atoms with Crippen molar-refractivity contribution in [2.24, 2.45) is 12.2 Å². The number of rotatable bonds is 8. The molecule has 9 heteroatoms. The Balaban J connectivity index is 1.56. The summed E-state index contributed by atoms with van der Waals surface area (Å²) in [6.45, 7) is 2.00. The number of primary sulfonamides is 1. The van der Waals surface area contributed by atoms with Crippen LogP contribution < -0.4 is 10.5 Å². The minimum Gasteiger partial charge on any atom is -0.353 e. The fraction of sp³-hybridized carbons (Fsp3) is 0.300. The standard InChI is InChI=1S/C20H24N4O3S2/c1-14(8-9-15-6-4-3-5-7-15)22-19(25)13-28-20-23-17-12-16(29(21,26)27)10-11-18(17)24(20)2/h3-7,10-12,14H,8-9,13H2,1-2H3,(H,22,25)(H2,21,26,27)/t14-/m1/s1. The van der Waals surface area contributed by atoms with Gasteiger partial charge in [-0.1, -0.05) is 42.1 Å². The van der Waals surface area contributed by atoms with Crippen molar-refractivity contribution in [2.45, 2.75) is 35.9 Å². The second-order valence-electron chi connectivity index (χ2n) is 6.93. The fourth-order valence-corrected chi connectivity index (χ4v) is 4.34. The van der Waals surface area contributed by atoms with Gasteiger partial charge in [0.05, 0.1) is 21.7 Å². The van der Waals surface area contributed by atoms with Gasteiger partial charge in [0.15, 0.2) is 5.16 Å². The number of nitrogens with zero attached hydrogens (tertiary/aromatic N) is 2. The number of sulfonamides is 1. The molecule has 0 bridgehead atoms. The minimum atomic E-state index is -3.78. The lowest BCUT2D eigenvalue weighted by molar-refractivity contribution is -0.119. The largest absolute Gasteiger partial charge is 0.353 e. The number of fused-ring (bicyclic) bond motifs is 1. The van der Waals surface area contributed by atoms with Crippen LogP contribution in [-0.2, 0) is 28.3 Å². The van der Waals surface area contributed by atoms with E-state index < -0.39 is 10.0 Å². The molecule has 0 unspecified atom stereocenters. The molecule has 1 amide bonds. The number of nitrogens with two attached hydrogens (primary N) is 1. The van der Waals surface area contributed by atoms with E-state index in [4.69, 9.17) is 5.14 Å². The summed E-state index contributed by atoms with van der Waals surface area (Å²) in [4.78, 5) is 16.7. The third-order valence-electron chi connectivity index (χ3n) is 4.59. The van der Waals surface area contributed by atoms with Gasteiger partial charge in [0, 0.05) is 13.1 Å². The predicted octanol–water partition coefficient (Wildman–Crippen LogP) is 2.45. The number of amides is 1.